The summed E-state index contributed by atoms with van der Waals surface area (Å²) in [4.78, 5) is 41.2. The molecule has 42 heavy (non-hydrogen) atoms. The molecule has 4 heterocycles. The highest BCUT2D eigenvalue weighted by atomic mass is 19.1. The fraction of sp³-hybridized carbons (Fsp3) is 0.310. The Morgan fingerprint density at radius 3 is 2.86 bits per heavy atom. The van der Waals surface area contributed by atoms with E-state index in [9.17, 15) is 18.8 Å². The van der Waals surface area contributed by atoms with Crippen molar-refractivity contribution in [1.29, 1.82) is 0 Å². The van der Waals surface area contributed by atoms with E-state index >= 15 is 0 Å². The van der Waals surface area contributed by atoms with Crippen LogP contribution in [0.1, 0.15) is 32.7 Å². The number of carbonyl (C=O) groups is 3. The number of hydrogen-bond donors (Lipinski definition) is 2. The smallest absolute Gasteiger partial charge is 0.259 e. The zero-order valence-corrected chi connectivity index (χ0v) is 23.0. The van der Waals surface area contributed by atoms with Gasteiger partial charge in [-0.2, -0.15) is 5.10 Å². The molecule has 6 rings (SSSR count). The van der Waals surface area contributed by atoms with Crippen LogP contribution in [0.15, 0.2) is 55.0 Å². The van der Waals surface area contributed by atoms with E-state index in [-0.39, 0.29) is 42.7 Å². The van der Waals surface area contributed by atoms with E-state index in [1.807, 2.05) is 17.8 Å². The largest absolute Gasteiger partial charge is 0.493 e. The molecule has 0 aliphatic carbocycles. The molecule has 2 aromatic carbocycles. The maximum absolute atomic E-state index is 14.5. The van der Waals surface area contributed by atoms with Crippen LogP contribution in [0.3, 0.4) is 0 Å². The van der Waals surface area contributed by atoms with Crippen molar-refractivity contribution in [1.82, 2.24) is 29.7 Å². The summed E-state index contributed by atoms with van der Waals surface area (Å²) in [5.41, 5.74) is 1.85. The number of benzene rings is 2. The summed E-state index contributed by atoms with van der Waals surface area (Å²) in [6.45, 7) is 0.205. The second-order valence-corrected chi connectivity index (χ2v) is 10.2. The molecule has 3 amide bonds. The summed E-state index contributed by atoms with van der Waals surface area (Å²) in [7, 11) is 3.29. The fourth-order valence-corrected chi connectivity index (χ4v) is 5.31. The summed E-state index contributed by atoms with van der Waals surface area (Å²) >= 11 is 0. The maximum Gasteiger partial charge on any atom is 0.259 e. The van der Waals surface area contributed by atoms with Gasteiger partial charge in [-0.25, -0.2) is 8.91 Å². The van der Waals surface area contributed by atoms with Crippen molar-refractivity contribution in [2.45, 2.75) is 25.1 Å². The van der Waals surface area contributed by atoms with E-state index in [0.717, 1.165) is 0 Å². The van der Waals surface area contributed by atoms with Crippen LogP contribution in [0.4, 0.5) is 4.39 Å². The van der Waals surface area contributed by atoms with Crippen molar-refractivity contribution in [3.05, 3.63) is 77.5 Å². The third kappa shape index (κ3) is 5.32. The molecule has 4 bridgehead atoms. The number of halogens is 1. The molecule has 0 spiro atoms. The van der Waals surface area contributed by atoms with Gasteiger partial charge in [0.15, 0.2) is 18.1 Å². The number of fused-ring (bicyclic) bond motifs is 6. The third-order valence-electron chi connectivity index (χ3n) is 7.41. The summed E-state index contributed by atoms with van der Waals surface area (Å²) < 4.78 is 35.2. The molecule has 2 aliphatic rings. The van der Waals surface area contributed by atoms with Crippen molar-refractivity contribution in [3.8, 4) is 17.2 Å². The lowest BCUT2D eigenvalue weighted by Crippen LogP contribution is -2.58. The molecular weight excluding hydrogens is 547 g/mol. The van der Waals surface area contributed by atoms with Crippen LogP contribution in [-0.4, -0.2) is 75.8 Å². The Balaban J connectivity index is 1.33. The minimum Gasteiger partial charge on any atom is -0.493 e. The number of nitrogens with zero attached hydrogens (tertiary/aromatic N) is 4. The minimum absolute atomic E-state index is 0.0555. The summed E-state index contributed by atoms with van der Waals surface area (Å²) in [6, 6.07) is 8.20. The molecule has 12 nitrogen and oxygen atoms in total. The molecule has 2 aliphatic heterocycles. The van der Waals surface area contributed by atoms with E-state index in [2.05, 4.69) is 15.7 Å². The number of piperidine rings is 1. The highest BCUT2D eigenvalue weighted by Gasteiger charge is 2.36. The van der Waals surface area contributed by atoms with E-state index in [1.54, 1.807) is 33.8 Å². The molecule has 2 N–H and O–H groups in total. The summed E-state index contributed by atoms with van der Waals surface area (Å²) in [5.74, 6) is -0.831. The molecule has 1 saturated heterocycles. The standard InChI is InChI=1S/C29H29FN6O6/c1-34-7-8-36-28(34)21(14-32-36)29(39)35-6-5-23-22(15-35)33-27(38)18-3-4-24(40-2)25(11-18)41-16-26(37)31-13-17-9-19(30)12-20(10-17)42-23/h3-4,7-12,14,22-23H,5-6,13,15-16H2,1-2H3,(H,31,37)(H,33,38)/t22-,23+/m0/s1. The van der Waals surface area contributed by atoms with Crippen LogP contribution < -0.4 is 24.8 Å². The van der Waals surface area contributed by atoms with Crippen LogP contribution in [0, 0.1) is 5.82 Å². The lowest BCUT2D eigenvalue weighted by molar-refractivity contribution is -0.123. The molecule has 218 valence electrons. The molecule has 0 saturated carbocycles. The molecule has 2 atom stereocenters. The first-order valence-corrected chi connectivity index (χ1v) is 13.4. The maximum atomic E-state index is 14.5. The van der Waals surface area contributed by atoms with Gasteiger partial charge in [0, 0.05) is 57.1 Å². The quantitative estimate of drug-likeness (QED) is 0.373. The normalized spacial score (nSPS) is 19.3. The van der Waals surface area contributed by atoms with Crippen LogP contribution in [0.25, 0.3) is 5.65 Å². The molecular formula is C29H29FN6O6. The van der Waals surface area contributed by atoms with Crippen LogP contribution in [-0.2, 0) is 18.4 Å². The predicted octanol–water partition coefficient (Wildman–Crippen LogP) is 1.92. The zero-order chi connectivity index (χ0) is 29.4. The Kier molecular flexibility index (Phi) is 7.15. The van der Waals surface area contributed by atoms with Crippen molar-refractivity contribution in [2.75, 3.05) is 26.8 Å². The van der Waals surface area contributed by atoms with Gasteiger partial charge in [-0.1, -0.05) is 0 Å². The van der Waals surface area contributed by atoms with Gasteiger partial charge >= 0.3 is 0 Å². The Morgan fingerprint density at radius 2 is 2.02 bits per heavy atom. The molecule has 13 heteroatoms. The Hall–Kier alpha value is -5.07. The average Bonchev–Trinajstić information content (AvgIpc) is 3.57. The van der Waals surface area contributed by atoms with E-state index in [1.165, 1.54) is 31.5 Å². The van der Waals surface area contributed by atoms with Crippen LogP contribution in [0.2, 0.25) is 0 Å². The number of amides is 3. The number of hydrogen-bond acceptors (Lipinski definition) is 7. The molecule has 1 fully saturated rings. The Bertz CT molecular complexity index is 1680. The van der Waals surface area contributed by atoms with Gasteiger partial charge in [-0.3, -0.25) is 14.4 Å². The lowest BCUT2D eigenvalue weighted by atomic mass is 10.00. The number of methoxy groups -OCH3 is 1. The van der Waals surface area contributed by atoms with E-state index < -0.39 is 29.8 Å². The predicted molar refractivity (Wildman–Crippen MR) is 147 cm³/mol. The Labute approximate surface area is 239 Å². The molecule has 2 aromatic heterocycles. The first-order chi connectivity index (χ1) is 20.3. The second kappa shape index (κ2) is 11.1. The number of imidazole rings is 1. The van der Waals surface area contributed by atoms with Crippen molar-refractivity contribution in [3.63, 3.8) is 0 Å². The van der Waals surface area contributed by atoms with Gasteiger partial charge in [-0.05, 0) is 35.9 Å². The second-order valence-electron chi connectivity index (χ2n) is 10.2. The number of ether oxygens (including phenoxy) is 3. The molecule has 0 unspecified atom stereocenters. The summed E-state index contributed by atoms with van der Waals surface area (Å²) in [6.07, 6.45) is 4.90. The first-order valence-electron chi connectivity index (χ1n) is 13.4. The Morgan fingerprint density at radius 1 is 1.17 bits per heavy atom. The number of carbonyl (C=O) groups excluding carboxylic acids is 3. The molecule has 4 aromatic rings. The van der Waals surface area contributed by atoms with Crippen molar-refractivity contribution >= 4 is 23.4 Å². The number of aromatic nitrogens is 3. The number of rotatable bonds is 2. The van der Waals surface area contributed by atoms with Gasteiger partial charge in [0.1, 0.15) is 28.9 Å². The summed E-state index contributed by atoms with van der Waals surface area (Å²) in [5, 5.41) is 9.97. The van der Waals surface area contributed by atoms with Gasteiger partial charge in [0.25, 0.3) is 17.7 Å². The highest BCUT2D eigenvalue weighted by Crippen LogP contribution is 2.29. The number of aryl methyl sites for hydroxylation is 1. The highest BCUT2D eigenvalue weighted by molar-refractivity contribution is 6.00. The van der Waals surface area contributed by atoms with Crippen LogP contribution >= 0.6 is 0 Å². The number of likely N-dealkylation sites (tertiary alicyclic amines) is 1. The minimum atomic E-state index is -0.638. The van der Waals surface area contributed by atoms with Gasteiger partial charge in [0.05, 0.1) is 19.3 Å². The van der Waals surface area contributed by atoms with E-state index in [4.69, 9.17) is 14.2 Å². The van der Waals surface area contributed by atoms with E-state index in [0.29, 0.717) is 35.5 Å². The fourth-order valence-electron chi connectivity index (χ4n) is 5.31. The van der Waals surface area contributed by atoms with Gasteiger partial charge in [-0.15, -0.1) is 0 Å². The lowest BCUT2D eigenvalue weighted by Gasteiger charge is -2.38. The zero-order valence-electron chi connectivity index (χ0n) is 23.0. The third-order valence-corrected chi connectivity index (χ3v) is 7.41. The SMILES string of the molecule is COc1ccc2cc1OCC(=O)NCc1cc(F)cc(c1)O[C@@H]1CCN(C(=O)c3cnn4ccn(C)c34)C[C@@H]1NC2=O. The topological polar surface area (TPSA) is 128 Å². The van der Waals surface area contributed by atoms with Gasteiger partial charge < -0.3 is 34.3 Å². The van der Waals surface area contributed by atoms with Crippen molar-refractivity contribution in [2.24, 2.45) is 7.05 Å². The molecule has 0 radical (unpaired) electrons. The van der Waals surface area contributed by atoms with Crippen molar-refractivity contribution < 1.29 is 33.0 Å². The first kappa shape index (κ1) is 27.1. The average molecular weight is 577 g/mol. The monoisotopic (exact) mass is 576 g/mol. The van der Waals surface area contributed by atoms with Gasteiger partial charge in [0.2, 0.25) is 0 Å². The van der Waals surface area contributed by atoms with Crippen LogP contribution in [0.5, 0.6) is 17.2 Å². The number of nitrogens with one attached hydrogen (secondary N) is 2.